The highest BCUT2D eigenvalue weighted by molar-refractivity contribution is 6.01. The van der Waals surface area contributed by atoms with Crippen LogP contribution in [0, 0.1) is 11.8 Å². The van der Waals surface area contributed by atoms with Gasteiger partial charge in [0.2, 0.25) is 5.91 Å². The number of nitrogens with one attached hydrogen (secondary N) is 1. The molecule has 44 heavy (non-hydrogen) atoms. The molecule has 2 aliphatic rings. The van der Waals surface area contributed by atoms with Gasteiger partial charge in [0, 0.05) is 51.9 Å². The van der Waals surface area contributed by atoms with Crippen LogP contribution in [0.1, 0.15) is 28.6 Å². The van der Waals surface area contributed by atoms with Crippen LogP contribution in [0.2, 0.25) is 0 Å². The number of benzene rings is 1. The van der Waals surface area contributed by atoms with Gasteiger partial charge in [0.25, 0.3) is 0 Å². The maximum atomic E-state index is 12.8. The summed E-state index contributed by atoms with van der Waals surface area (Å²) in [5.74, 6) is 1.94. The molecule has 226 valence electrons. The van der Waals surface area contributed by atoms with E-state index in [1.807, 2.05) is 49.5 Å². The Morgan fingerprint density at radius 3 is 2.70 bits per heavy atom. The molecular weight excluding hydrogens is 558 g/mol. The molecule has 2 fully saturated rings. The van der Waals surface area contributed by atoms with Crippen LogP contribution in [0.25, 0.3) is 27.9 Å². The van der Waals surface area contributed by atoms with Crippen LogP contribution in [0.3, 0.4) is 0 Å². The Labute approximate surface area is 257 Å². The van der Waals surface area contributed by atoms with E-state index in [1.54, 1.807) is 28.8 Å². The van der Waals surface area contributed by atoms with Crippen molar-refractivity contribution in [2.45, 2.75) is 26.8 Å². The van der Waals surface area contributed by atoms with Crippen molar-refractivity contribution in [3.63, 3.8) is 0 Å². The number of hydrogen-bond acceptors (Lipinski definition) is 10. The summed E-state index contributed by atoms with van der Waals surface area (Å²) in [6.45, 7) is 4.88. The van der Waals surface area contributed by atoms with E-state index in [9.17, 15) is 4.79 Å². The SMILES string of the molecule is [2H]C([2H])(C)N(Cc1ccc(OC)cc1)c1ncc(-c2nc3ccc(N4CCOCC4)cn3n2)c2cc(NC(=O)[C@H]3C[C@H]3C)nnc12. The van der Waals surface area contributed by atoms with Crippen molar-refractivity contribution in [1.29, 1.82) is 0 Å². The normalized spacial score (nSPS) is 19.0. The van der Waals surface area contributed by atoms with Gasteiger partial charge < -0.3 is 24.6 Å². The number of nitrogens with zero attached hydrogens (tertiary/aromatic N) is 8. The molecule has 12 nitrogen and oxygen atoms in total. The van der Waals surface area contributed by atoms with E-state index in [4.69, 9.17) is 27.3 Å². The van der Waals surface area contributed by atoms with Crippen LogP contribution in [0.5, 0.6) is 5.75 Å². The second-order valence-electron chi connectivity index (χ2n) is 11.2. The average Bonchev–Trinajstić information content (AvgIpc) is 3.65. The van der Waals surface area contributed by atoms with Gasteiger partial charge in [-0.1, -0.05) is 19.1 Å². The molecule has 4 aromatic heterocycles. The number of ether oxygens (including phenoxy) is 2. The van der Waals surface area contributed by atoms with Crippen LogP contribution < -0.4 is 19.9 Å². The average molecular weight is 596 g/mol. The number of hydrogen-bond donors (Lipinski definition) is 1. The van der Waals surface area contributed by atoms with E-state index in [-0.39, 0.29) is 18.4 Å². The van der Waals surface area contributed by atoms with Crippen molar-refractivity contribution >= 4 is 39.8 Å². The first-order chi connectivity index (χ1) is 22.2. The van der Waals surface area contributed by atoms with Crippen molar-refractivity contribution in [3.05, 3.63) is 60.4 Å². The lowest BCUT2D eigenvalue weighted by molar-refractivity contribution is -0.117. The van der Waals surface area contributed by atoms with E-state index < -0.39 is 6.50 Å². The summed E-state index contributed by atoms with van der Waals surface area (Å²) in [6, 6.07) is 13.1. The van der Waals surface area contributed by atoms with Gasteiger partial charge in [-0.25, -0.2) is 14.5 Å². The molecule has 1 aromatic carbocycles. The van der Waals surface area contributed by atoms with Crippen LogP contribution in [0.15, 0.2) is 54.9 Å². The third-order valence-corrected chi connectivity index (χ3v) is 8.27. The number of carbonyl (C=O) groups excluding carboxylic acids is 1. The third-order valence-electron chi connectivity index (χ3n) is 8.27. The summed E-state index contributed by atoms with van der Waals surface area (Å²) in [4.78, 5) is 26.1. The van der Waals surface area contributed by atoms with E-state index in [1.165, 1.54) is 6.92 Å². The summed E-state index contributed by atoms with van der Waals surface area (Å²) in [6.07, 6.45) is 4.43. The molecule has 5 heterocycles. The van der Waals surface area contributed by atoms with Crippen molar-refractivity contribution < 1.29 is 17.0 Å². The van der Waals surface area contributed by atoms with E-state index in [0.29, 0.717) is 64.5 Å². The Hall–Kier alpha value is -4.84. The predicted octanol–water partition coefficient (Wildman–Crippen LogP) is 4.20. The van der Waals surface area contributed by atoms with E-state index >= 15 is 0 Å². The molecule has 0 spiro atoms. The molecule has 1 aliphatic carbocycles. The molecule has 0 radical (unpaired) electrons. The van der Waals surface area contributed by atoms with Crippen molar-refractivity contribution in [1.82, 2.24) is 29.8 Å². The maximum absolute atomic E-state index is 12.8. The Morgan fingerprint density at radius 1 is 1.18 bits per heavy atom. The van der Waals surface area contributed by atoms with Crippen LogP contribution in [-0.2, 0) is 16.1 Å². The van der Waals surface area contributed by atoms with Crippen LogP contribution >= 0.6 is 0 Å². The van der Waals surface area contributed by atoms with Gasteiger partial charge in [-0.3, -0.25) is 4.79 Å². The first kappa shape index (κ1) is 25.6. The fourth-order valence-electron chi connectivity index (χ4n) is 5.53. The molecule has 2 atom stereocenters. The quantitative estimate of drug-likeness (QED) is 0.265. The fourth-order valence-corrected chi connectivity index (χ4v) is 5.53. The molecule has 1 amide bonds. The monoisotopic (exact) mass is 595 g/mol. The molecule has 12 heteroatoms. The molecule has 0 bridgehead atoms. The first-order valence-corrected chi connectivity index (χ1v) is 14.8. The second-order valence-corrected chi connectivity index (χ2v) is 11.2. The minimum absolute atomic E-state index is 0.0435. The van der Waals surface area contributed by atoms with Crippen molar-refractivity contribution in [3.8, 4) is 17.1 Å². The Morgan fingerprint density at radius 2 is 1.98 bits per heavy atom. The number of aromatic nitrogens is 6. The topological polar surface area (TPSA) is 123 Å². The zero-order valence-corrected chi connectivity index (χ0v) is 24.9. The predicted molar refractivity (Wildman–Crippen MR) is 168 cm³/mol. The molecule has 1 N–H and O–H groups in total. The lowest BCUT2D eigenvalue weighted by Crippen LogP contribution is -2.36. The molecule has 0 unspecified atom stereocenters. The largest absolute Gasteiger partial charge is 0.497 e. The number of rotatable bonds is 9. The second kappa shape index (κ2) is 11.7. The molecule has 1 saturated heterocycles. The zero-order valence-electron chi connectivity index (χ0n) is 26.9. The number of fused-ring (bicyclic) bond motifs is 2. The minimum atomic E-state index is -1.81. The first-order valence-electron chi connectivity index (χ1n) is 15.8. The Kier molecular flexibility index (Phi) is 6.81. The Balaban J connectivity index is 1.32. The minimum Gasteiger partial charge on any atom is -0.497 e. The van der Waals surface area contributed by atoms with Crippen LogP contribution in [-0.4, -0.2) is 75.6 Å². The number of amides is 1. The van der Waals surface area contributed by atoms with E-state index in [2.05, 4.69) is 20.4 Å². The maximum Gasteiger partial charge on any atom is 0.228 e. The third kappa shape index (κ3) is 5.48. The number of methoxy groups -OCH3 is 1. The molecule has 7 rings (SSSR count). The summed E-state index contributed by atoms with van der Waals surface area (Å²) < 4.78 is 30.0. The Bertz CT molecular complexity index is 1910. The lowest BCUT2D eigenvalue weighted by Gasteiger charge is -2.28. The fraction of sp³-hybridized carbons (Fsp3) is 0.375. The van der Waals surface area contributed by atoms with Crippen molar-refractivity contribution in [2.75, 3.05) is 55.0 Å². The lowest BCUT2D eigenvalue weighted by atomic mass is 10.1. The molecule has 1 aliphatic heterocycles. The smallest absolute Gasteiger partial charge is 0.228 e. The highest BCUT2D eigenvalue weighted by atomic mass is 16.5. The molecule has 5 aromatic rings. The number of carbonyl (C=O) groups is 1. The number of morpholine rings is 1. The van der Waals surface area contributed by atoms with Crippen molar-refractivity contribution in [2.24, 2.45) is 11.8 Å². The van der Waals surface area contributed by atoms with Gasteiger partial charge >= 0.3 is 0 Å². The van der Waals surface area contributed by atoms with Gasteiger partial charge in [-0.15, -0.1) is 15.3 Å². The number of pyridine rings is 2. The highest BCUT2D eigenvalue weighted by Crippen LogP contribution is 2.39. The summed E-state index contributed by atoms with van der Waals surface area (Å²) in [5.41, 5.74) is 3.49. The molecular formula is C32H35N9O3. The van der Waals surface area contributed by atoms with Crippen LogP contribution in [0.4, 0.5) is 17.3 Å². The number of anilines is 3. The summed E-state index contributed by atoms with van der Waals surface area (Å²) in [7, 11) is 1.60. The van der Waals surface area contributed by atoms with Gasteiger partial charge in [-0.2, -0.15) is 0 Å². The van der Waals surface area contributed by atoms with Gasteiger partial charge in [0.15, 0.2) is 23.1 Å². The summed E-state index contributed by atoms with van der Waals surface area (Å²) in [5, 5.41) is 17.2. The van der Waals surface area contributed by atoms with Gasteiger partial charge in [0.1, 0.15) is 11.3 Å². The highest BCUT2D eigenvalue weighted by Gasteiger charge is 2.39. The van der Waals surface area contributed by atoms with Gasteiger partial charge in [-0.05, 0) is 55.2 Å². The summed E-state index contributed by atoms with van der Waals surface area (Å²) >= 11 is 0. The van der Waals surface area contributed by atoms with Gasteiger partial charge in [0.05, 0.1) is 32.2 Å². The zero-order chi connectivity index (χ0) is 32.0. The standard InChI is InChI=1S/C32H35N9O3/c1-4-39(18-21-5-8-23(43-3)9-6-21)31-29-25(16-27(36-37-29)34-32(42)24-15-20(24)2)26(17-33-31)30-35-28-10-7-22(19-41(28)38-30)40-11-13-44-14-12-40/h5-10,16-17,19-20,24H,4,11-15,18H2,1-3H3,(H,34,36,42)/t20-,24+/m1/s1/i4D2. The molecule has 1 saturated carbocycles. The van der Waals surface area contributed by atoms with E-state index in [0.717, 1.165) is 30.8 Å².